The van der Waals surface area contributed by atoms with Crippen LogP contribution in [0.25, 0.3) is 0 Å². The molecular formula is C13H18FNO2. The van der Waals surface area contributed by atoms with Crippen molar-refractivity contribution in [3.63, 3.8) is 0 Å². The van der Waals surface area contributed by atoms with E-state index >= 15 is 0 Å². The minimum atomic E-state index is -0.341. The molecule has 1 saturated heterocycles. The van der Waals surface area contributed by atoms with Crippen molar-refractivity contribution in [1.82, 2.24) is 0 Å². The van der Waals surface area contributed by atoms with E-state index in [1.54, 1.807) is 6.07 Å². The number of ether oxygens (including phenoxy) is 2. The van der Waals surface area contributed by atoms with Gasteiger partial charge in [0.05, 0.1) is 13.2 Å². The predicted molar refractivity (Wildman–Crippen MR) is 63.5 cm³/mol. The largest absolute Gasteiger partial charge is 0.487 e. The van der Waals surface area contributed by atoms with Crippen LogP contribution in [-0.2, 0) is 4.74 Å². The second kappa shape index (κ2) is 5.47. The van der Waals surface area contributed by atoms with E-state index in [0.717, 1.165) is 18.4 Å². The monoisotopic (exact) mass is 239 g/mol. The molecule has 1 aliphatic heterocycles. The molecule has 1 aromatic rings. The summed E-state index contributed by atoms with van der Waals surface area (Å²) in [5.74, 6) is -0.0346. The average molecular weight is 239 g/mol. The molecule has 17 heavy (non-hydrogen) atoms. The lowest BCUT2D eigenvalue weighted by molar-refractivity contribution is 0.0240. The van der Waals surface area contributed by atoms with Gasteiger partial charge in [0.2, 0.25) is 0 Å². The molecule has 0 spiro atoms. The summed E-state index contributed by atoms with van der Waals surface area (Å²) in [5.41, 5.74) is 6.47. The van der Waals surface area contributed by atoms with Crippen molar-refractivity contribution in [1.29, 1.82) is 0 Å². The maximum atomic E-state index is 13.8. The van der Waals surface area contributed by atoms with Gasteiger partial charge >= 0.3 is 0 Å². The molecule has 0 amide bonds. The van der Waals surface area contributed by atoms with Crippen molar-refractivity contribution in [2.45, 2.75) is 31.9 Å². The Bertz CT molecular complexity index is 376. The standard InChI is InChI=1S/C13H18FNO2/c1-9(15)10-2-3-13(12(14)8-10)17-11-4-6-16-7-5-11/h2-3,8-9,11H,4-7,15H2,1H3/t9-/m0/s1. The first-order chi connectivity index (χ1) is 8.16. The Kier molecular flexibility index (Phi) is 3.97. The van der Waals surface area contributed by atoms with E-state index in [0.29, 0.717) is 19.0 Å². The maximum absolute atomic E-state index is 13.8. The molecule has 0 radical (unpaired) electrons. The van der Waals surface area contributed by atoms with E-state index in [4.69, 9.17) is 15.2 Å². The molecule has 3 nitrogen and oxygen atoms in total. The molecule has 1 atom stereocenters. The van der Waals surface area contributed by atoms with E-state index in [-0.39, 0.29) is 18.0 Å². The van der Waals surface area contributed by atoms with Gasteiger partial charge in [-0.2, -0.15) is 0 Å². The number of hydrogen-bond acceptors (Lipinski definition) is 3. The van der Waals surface area contributed by atoms with Crippen LogP contribution in [0, 0.1) is 5.82 Å². The van der Waals surface area contributed by atoms with Gasteiger partial charge in [-0.15, -0.1) is 0 Å². The van der Waals surface area contributed by atoms with E-state index in [9.17, 15) is 4.39 Å². The third-order valence-corrected chi connectivity index (χ3v) is 2.94. The van der Waals surface area contributed by atoms with Crippen LogP contribution in [-0.4, -0.2) is 19.3 Å². The smallest absolute Gasteiger partial charge is 0.165 e. The SMILES string of the molecule is C[C@H](N)c1ccc(OC2CCOCC2)c(F)c1. The zero-order valence-electron chi connectivity index (χ0n) is 9.99. The minimum Gasteiger partial charge on any atom is -0.487 e. The van der Waals surface area contributed by atoms with Crippen LogP contribution in [0.2, 0.25) is 0 Å². The highest BCUT2D eigenvalue weighted by Crippen LogP contribution is 2.24. The molecule has 2 N–H and O–H groups in total. The van der Waals surface area contributed by atoms with Gasteiger partial charge in [-0.25, -0.2) is 4.39 Å². The first kappa shape index (κ1) is 12.3. The Morgan fingerprint density at radius 1 is 1.41 bits per heavy atom. The van der Waals surface area contributed by atoms with Crippen LogP contribution in [0.1, 0.15) is 31.4 Å². The number of benzene rings is 1. The number of halogens is 1. The van der Waals surface area contributed by atoms with Gasteiger partial charge in [-0.1, -0.05) is 6.07 Å². The van der Waals surface area contributed by atoms with Crippen LogP contribution in [0.5, 0.6) is 5.75 Å². The summed E-state index contributed by atoms with van der Waals surface area (Å²) in [6, 6.07) is 4.74. The minimum absolute atomic E-state index is 0.0550. The first-order valence-electron chi connectivity index (χ1n) is 5.96. The molecule has 0 saturated carbocycles. The van der Waals surface area contributed by atoms with Gasteiger partial charge < -0.3 is 15.2 Å². The molecule has 4 heteroatoms. The lowest BCUT2D eigenvalue weighted by Gasteiger charge is -2.23. The van der Waals surface area contributed by atoms with Crippen molar-refractivity contribution < 1.29 is 13.9 Å². The fraction of sp³-hybridized carbons (Fsp3) is 0.538. The summed E-state index contributed by atoms with van der Waals surface area (Å²) >= 11 is 0. The quantitative estimate of drug-likeness (QED) is 0.881. The molecule has 0 unspecified atom stereocenters. The van der Waals surface area contributed by atoms with Crippen molar-refractivity contribution in [2.24, 2.45) is 5.73 Å². The predicted octanol–water partition coefficient (Wildman–Crippen LogP) is 2.40. The van der Waals surface area contributed by atoms with Crippen LogP contribution in [0.4, 0.5) is 4.39 Å². The zero-order chi connectivity index (χ0) is 12.3. The lowest BCUT2D eigenvalue weighted by Crippen LogP contribution is -2.26. The molecule has 1 heterocycles. The van der Waals surface area contributed by atoms with Crippen LogP contribution in [0.3, 0.4) is 0 Å². The fourth-order valence-corrected chi connectivity index (χ4v) is 1.87. The molecule has 94 valence electrons. The van der Waals surface area contributed by atoms with Gasteiger partial charge in [-0.05, 0) is 24.6 Å². The molecular weight excluding hydrogens is 221 g/mol. The van der Waals surface area contributed by atoms with Crippen molar-refractivity contribution in [3.05, 3.63) is 29.6 Å². The van der Waals surface area contributed by atoms with Crippen LogP contribution < -0.4 is 10.5 Å². The zero-order valence-corrected chi connectivity index (χ0v) is 9.99. The highest BCUT2D eigenvalue weighted by Gasteiger charge is 2.17. The summed E-state index contributed by atoms with van der Waals surface area (Å²) in [5, 5.41) is 0. The lowest BCUT2D eigenvalue weighted by atomic mass is 10.1. The normalized spacial score (nSPS) is 19.0. The number of hydrogen-bond donors (Lipinski definition) is 1. The Balaban J connectivity index is 2.05. The molecule has 0 aromatic heterocycles. The fourth-order valence-electron chi connectivity index (χ4n) is 1.87. The Morgan fingerprint density at radius 2 is 2.12 bits per heavy atom. The number of nitrogens with two attached hydrogens (primary N) is 1. The van der Waals surface area contributed by atoms with Gasteiger partial charge in [0.1, 0.15) is 6.10 Å². The van der Waals surface area contributed by atoms with Gasteiger partial charge in [-0.3, -0.25) is 0 Å². The third-order valence-electron chi connectivity index (χ3n) is 2.94. The molecule has 1 aliphatic rings. The maximum Gasteiger partial charge on any atom is 0.165 e. The van der Waals surface area contributed by atoms with Crippen LogP contribution >= 0.6 is 0 Å². The van der Waals surface area contributed by atoms with Gasteiger partial charge in [0.25, 0.3) is 0 Å². The summed E-state index contributed by atoms with van der Waals surface area (Å²) in [6.07, 6.45) is 1.68. The summed E-state index contributed by atoms with van der Waals surface area (Å²) < 4.78 is 24.6. The second-order valence-electron chi connectivity index (χ2n) is 4.41. The topological polar surface area (TPSA) is 44.5 Å². The van der Waals surface area contributed by atoms with E-state index in [1.807, 2.05) is 13.0 Å². The average Bonchev–Trinajstić information content (AvgIpc) is 2.33. The molecule has 0 bridgehead atoms. The van der Waals surface area contributed by atoms with Gasteiger partial charge in [0.15, 0.2) is 11.6 Å². The van der Waals surface area contributed by atoms with E-state index in [1.165, 1.54) is 6.07 Å². The second-order valence-corrected chi connectivity index (χ2v) is 4.41. The summed E-state index contributed by atoms with van der Waals surface area (Å²) in [6.45, 7) is 3.20. The van der Waals surface area contributed by atoms with Crippen molar-refractivity contribution in [2.75, 3.05) is 13.2 Å². The first-order valence-corrected chi connectivity index (χ1v) is 5.96. The Morgan fingerprint density at radius 3 is 2.71 bits per heavy atom. The highest BCUT2D eigenvalue weighted by molar-refractivity contribution is 5.30. The van der Waals surface area contributed by atoms with E-state index in [2.05, 4.69) is 0 Å². The highest BCUT2D eigenvalue weighted by atomic mass is 19.1. The Hall–Kier alpha value is -1.13. The van der Waals surface area contributed by atoms with E-state index < -0.39 is 0 Å². The summed E-state index contributed by atoms with van der Waals surface area (Å²) in [4.78, 5) is 0. The number of rotatable bonds is 3. The third kappa shape index (κ3) is 3.17. The van der Waals surface area contributed by atoms with Gasteiger partial charge in [0, 0.05) is 18.9 Å². The van der Waals surface area contributed by atoms with Crippen LogP contribution in [0.15, 0.2) is 18.2 Å². The molecule has 1 fully saturated rings. The Labute approximate surface area is 101 Å². The summed E-state index contributed by atoms with van der Waals surface area (Å²) in [7, 11) is 0. The molecule has 2 rings (SSSR count). The van der Waals surface area contributed by atoms with Crippen molar-refractivity contribution >= 4 is 0 Å². The van der Waals surface area contributed by atoms with Crippen molar-refractivity contribution in [3.8, 4) is 5.75 Å². The molecule has 0 aliphatic carbocycles. The molecule has 1 aromatic carbocycles.